The summed E-state index contributed by atoms with van der Waals surface area (Å²) in [6.07, 6.45) is 3.47. The molecule has 0 aliphatic carbocycles. The van der Waals surface area contributed by atoms with Crippen LogP contribution in [0, 0.1) is 0 Å². The van der Waals surface area contributed by atoms with Gasteiger partial charge in [-0.15, -0.1) is 0 Å². The first-order valence-corrected chi connectivity index (χ1v) is 7.18. The molecule has 0 saturated carbocycles. The van der Waals surface area contributed by atoms with E-state index in [4.69, 9.17) is 0 Å². The van der Waals surface area contributed by atoms with E-state index in [0.717, 1.165) is 19.4 Å². The van der Waals surface area contributed by atoms with E-state index in [0.29, 0.717) is 0 Å². The molecule has 0 spiro atoms. The molecule has 0 bridgehead atoms. The summed E-state index contributed by atoms with van der Waals surface area (Å²) in [4.78, 5) is 2.58. The van der Waals surface area contributed by atoms with Gasteiger partial charge in [0.05, 0.1) is 0 Å². The van der Waals surface area contributed by atoms with Crippen molar-refractivity contribution in [2.75, 3.05) is 25.0 Å². The van der Waals surface area contributed by atoms with Crippen molar-refractivity contribution in [3.63, 3.8) is 0 Å². The summed E-state index contributed by atoms with van der Waals surface area (Å²) in [5.41, 5.74) is 4.76. The first-order valence-electron chi connectivity index (χ1n) is 7.18. The van der Waals surface area contributed by atoms with Gasteiger partial charge < -0.3 is 10.2 Å². The zero-order chi connectivity index (χ0) is 13.2. The van der Waals surface area contributed by atoms with E-state index >= 15 is 0 Å². The normalized spacial score (nSPS) is 23.7. The highest BCUT2D eigenvalue weighted by Gasteiger charge is 2.33. The third-order valence-corrected chi connectivity index (χ3v) is 4.36. The van der Waals surface area contributed by atoms with Crippen LogP contribution >= 0.6 is 0 Å². The van der Waals surface area contributed by atoms with Crippen molar-refractivity contribution >= 4 is 5.69 Å². The quantitative estimate of drug-likeness (QED) is 0.878. The second-order valence-electron chi connectivity index (χ2n) is 5.61. The largest absolute Gasteiger partial charge is 0.369 e. The first kappa shape index (κ1) is 13.4. The fourth-order valence-corrected chi connectivity index (χ4v) is 2.98. The molecular formula is C16H26N2. The molecule has 18 heavy (non-hydrogen) atoms. The average Bonchev–Trinajstić information content (AvgIpc) is 2.80. The second kappa shape index (κ2) is 5.31. The number of benzene rings is 1. The van der Waals surface area contributed by atoms with Crippen LogP contribution in [0.25, 0.3) is 0 Å². The Hall–Kier alpha value is -1.02. The monoisotopic (exact) mass is 246 g/mol. The molecule has 1 aromatic rings. The number of anilines is 1. The van der Waals surface area contributed by atoms with Gasteiger partial charge in [-0.2, -0.15) is 0 Å². The maximum atomic E-state index is 3.47. The Morgan fingerprint density at radius 1 is 1.22 bits per heavy atom. The zero-order valence-electron chi connectivity index (χ0n) is 12.2. The molecule has 1 N–H and O–H groups in total. The molecule has 2 rings (SSSR count). The number of hydrogen-bond acceptors (Lipinski definition) is 2. The van der Waals surface area contributed by atoms with Crippen molar-refractivity contribution < 1.29 is 0 Å². The molecule has 1 heterocycles. The Bertz CT molecular complexity index is 391. The third kappa shape index (κ3) is 2.39. The average molecular weight is 246 g/mol. The molecule has 1 saturated heterocycles. The van der Waals surface area contributed by atoms with Gasteiger partial charge in [-0.1, -0.05) is 32.0 Å². The highest BCUT2D eigenvalue weighted by Crippen LogP contribution is 2.32. The lowest BCUT2D eigenvalue weighted by molar-refractivity contribution is 0.428. The van der Waals surface area contributed by atoms with E-state index in [1.807, 2.05) is 0 Å². The summed E-state index contributed by atoms with van der Waals surface area (Å²) in [6.45, 7) is 9.12. The number of rotatable bonds is 4. The van der Waals surface area contributed by atoms with Crippen LogP contribution in [-0.2, 0) is 12.8 Å². The van der Waals surface area contributed by atoms with Crippen LogP contribution in [0.15, 0.2) is 18.2 Å². The van der Waals surface area contributed by atoms with Gasteiger partial charge >= 0.3 is 0 Å². The number of aryl methyl sites for hydroxylation is 2. The fourth-order valence-electron chi connectivity index (χ4n) is 2.98. The summed E-state index contributed by atoms with van der Waals surface area (Å²) in [5.74, 6) is 0. The number of para-hydroxylation sites is 1. The van der Waals surface area contributed by atoms with Gasteiger partial charge in [-0.05, 0) is 44.4 Å². The molecule has 2 heteroatoms. The molecular weight excluding hydrogens is 220 g/mol. The molecule has 1 aliphatic heterocycles. The molecule has 1 unspecified atom stereocenters. The van der Waals surface area contributed by atoms with E-state index in [2.05, 4.69) is 56.2 Å². The predicted octanol–water partition coefficient (Wildman–Crippen LogP) is 3.00. The minimum Gasteiger partial charge on any atom is -0.369 e. The van der Waals surface area contributed by atoms with E-state index in [-0.39, 0.29) is 5.54 Å². The standard InChI is InChI=1S/C16H26N2/c1-5-13-8-7-9-14(6-2)15(13)18-11-10-16(3,12-18)17-4/h7-9,17H,5-6,10-12H2,1-4H3. The maximum Gasteiger partial charge on any atom is 0.0431 e. The lowest BCUT2D eigenvalue weighted by Gasteiger charge is -2.28. The number of nitrogens with one attached hydrogen (secondary N) is 1. The van der Waals surface area contributed by atoms with Gasteiger partial charge in [0.2, 0.25) is 0 Å². The minimum absolute atomic E-state index is 0.270. The molecule has 0 amide bonds. The maximum absolute atomic E-state index is 3.47. The van der Waals surface area contributed by atoms with Gasteiger partial charge in [-0.25, -0.2) is 0 Å². The van der Waals surface area contributed by atoms with E-state index < -0.39 is 0 Å². The van der Waals surface area contributed by atoms with E-state index in [1.54, 1.807) is 0 Å². The second-order valence-corrected chi connectivity index (χ2v) is 5.61. The van der Waals surface area contributed by atoms with Gasteiger partial charge in [0.15, 0.2) is 0 Å². The number of nitrogens with zero attached hydrogens (tertiary/aromatic N) is 1. The van der Waals surface area contributed by atoms with Crippen LogP contribution in [0.3, 0.4) is 0 Å². The summed E-state index contributed by atoms with van der Waals surface area (Å²) in [6, 6.07) is 6.77. The summed E-state index contributed by atoms with van der Waals surface area (Å²) < 4.78 is 0. The molecule has 1 atom stereocenters. The summed E-state index contributed by atoms with van der Waals surface area (Å²) >= 11 is 0. The van der Waals surface area contributed by atoms with E-state index in [9.17, 15) is 0 Å². The Labute approximate surface area is 111 Å². The third-order valence-electron chi connectivity index (χ3n) is 4.36. The van der Waals surface area contributed by atoms with Crippen LogP contribution < -0.4 is 10.2 Å². The van der Waals surface area contributed by atoms with Gasteiger partial charge in [0, 0.05) is 24.3 Å². The van der Waals surface area contributed by atoms with Crippen LogP contribution in [0.5, 0.6) is 0 Å². The molecule has 1 aromatic carbocycles. The summed E-state index contributed by atoms with van der Waals surface area (Å²) in [7, 11) is 2.08. The van der Waals surface area contributed by atoms with Crippen molar-refractivity contribution in [3.8, 4) is 0 Å². The smallest absolute Gasteiger partial charge is 0.0431 e. The molecule has 1 aliphatic rings. The van der Waals surface area contributed by atoms with Gasteiger partial charge in [0.25, 0.3) is 0 Å². The van der Waals surface area contributed by atoms with Gasteiger partial charge in [0.1, 0.15) is 0 Å². The fraction of sp³-hybridized carbons (Fsp3) is 0.625. The van der Waals surface area contributed by atoms with Crippen molar-refractivity contribution in [3.05, 3.63) is 29.3 Å². The zero-order valence-corrected chi connectivity index (χ0v) is 12.2. The van der Waals surface area contributed by atoms with Crippen LogP contribution in [0.2, 0.25) is 0 Å². The Balaban J connectivity index is 2.33. The highest BCUT2D eigenvalue weighted by molar-refractivity contribution is 5.61. The number of likely N-dealkylation sites (N-methyl/N-ethyl adjacent to an activating group) is 1. The minimum atomic E-state index is 0.270. The topological polar surface area (TPSA) is 15.3 Å². The molecule has 2 nitrogen and oxygen atoms in total. The Morgan fingerprint density at radius 2 is 1.83 bits per heavy atom. The van der Waals surface area contributed by atoms with E-state index in [1.165, 1.54) is 29.8 Å². The van der Waals surface area contributed by atoms with Crippen LogP contribution in [0.4, 0.5) is 5.69 Å². The molecule has 0 aromatic heterocycles. The molecule has 1 fully saturated rings. The van der Waals surface area contributed by atoms with Crippen molar-refractivity contribution in [1.82, 2.24) is 5.32 Å². The summed E-state index contributed by atoms with van der Waals surface area (Å²) in [5, 5.41) is 3.47. The first-order chi connectivity index (χ1) is 8.63. The molecule has 0 radical (unpaired) electrons. The van der Waals surface area contributed by atoms with Gasteiger partial charge in [-0.3, -0.25) is 0 Å². The SMILES string of the molecule is CCc1cccc(CC)c1N1CCC(C)(NC)C1. The Kier molecular flexibility index (Phi) is 3.96. The van der Waals surface area contributed by atoms with Crippen molar-refractivity contribution in [1.29, 1.82) is 0 Å². The lowest BCUT2D eigenvalue weighted by Crippen LogP contribution is -2.42. The van der Waals surface area contributed by atoms with Crippen LogP contribution in [-0.4, -0.2) is 25.7 Å². The highest BCUT2D eigenvalue weighted by atomic mass is 15.2. The number of hydrogen-bond donors (Lipinski definition) is 1. The van der Waals surface area contributed by atoms with Crippen molar-refractivity contribution in [2.24, 2.45) is 0 Å². The van der Waals surface area contributed by atoms with Crippen molar-refractivity contribution in [2.45, 2.75) is 45.6 Å². The molecule has 100 valence electrons. The van der Waals surface area contributed by atoms with Crippen LogP contribution in [0.1, 0.15) is 38.3 Å². The lowest BCUT2D eigenvalue weighted by atomic mass is 10.0. The predicted molar refractivity (Wildman–Crippen MR) is 79.5 cm³/mol. The Morgan fingerprint density at radius 3 is 2.28 bits per heavy atom.